The van der Waals surface area contributed by atoms with Crippen LogP contribution in [0.25, 0.3) is 11.3 Å². The zero-order chi connectivity index (χ0) is 15.5. The third-order valence-electron chi connectivity index (χ3n) is 3.20. The maximum atomic E-state index is 12.9. The second-order valence-electron chi connectivity index (χ2n) is 4.98. The molecule has 0 fully saturated rings. The molecule has 5 heteroatoms. The number of aromatic nitrogens is 2. The number of rotatable bonds is 3. The van der Waals surface area contributed by atoms with Crippen LogP contribution in [0.5, 0.6) is 0 Å². The van der Waals surface area contributed by atoms with Gasteiger partial charge in [0.1, 0.15) is 5.82 Å². The molecule has 0 atom stereocenters. The third-order valence-corrected chi connectivity index (χ3v) is 3.20. The highest BCUT2D eigenvalue weighted by atomic mass is 19.1. The van der Waals surface area contributed by atoms with Crippen molar-refractivity contribution in [2.75, 3.05) is 5.32 Å². The van der Waals surface area contributed by atoms with Crippen LogP contribution in [0.4, 0.5) is 16.0 Å². The van der Waals surface area contributed by atoms with E-state index in [4.69, 9.17) is 0 Å². The quantitative estimate of drug-likeness (QED) is 0.775. The monoisotopic (exact) mass is 295 g/mol. The second kappa shape index (κ2) is 5.81. The highest BCUT2D eigenvalue weighted by Gasteiger charge is 2.04. The lowest BCUT2D eigenvalue weighted by Crippen LogP contribution is -2.10. The third kappa shape index (κ3) is 3.20. The van der Waals surface area contributed by atoms with Crippen molar-refractivity contribution in [1.29, 1.82) is 0 Å². The normalized spacial score (nSPS) is 10.5. The van der Waals surface area contributed by atoms with E-state index in [-0.39, 0.29) is 11.4 Å². The average molecular weight is 295 g/mol. The molecular weight excluding hydrogens is 281 g/mol. The first-order valence-electron chi connectivity index (χ1n) is 6.81. The van der Waals surface area contributed by atoms with Crippen LogP contribution in [-0.2, 0) is 0 Å². The van der Waals surface area contributed by atoms with Gasteiger partial charge in [-0.15, -0.1) is 0 Å². The van der Waals surface area contributed by atoms with Gasteiger partial charge in [-0.3, -0.25) is 9.78 Å². The summed E-state index contributed by atoms with van der Waals surface area (Å²) in [6.07, 6.45) is 0. The van der Waals surface area contributed by atoms with Gasteiger partial charge in [0, 0.05) is 17.3 Å². The fourth-order valence-electron chi connectivity index (χ4n) is 2.06. The van der Waals surface area contributed by atoms with E-state index < -0.39 is 0 Å². The number of nitrogens with one attached hydrogen (secondary N) is 2. The van der Waals surface area contributed by atoms with Crippen LogP contribution in [0.15, 0.2) is 59.4 Å². The van der Waals surface area contributed by atoms with Crippen molar-refractivity contribution < 1.29 is 4.39 Å². The molecule has 0 amide bonds. The summed E-state index contributed by atoms with van der Waals surface area (Å²) in [6.45, 7) is 2.00. The van der Waals surface area contributed by atoms with Crippen LogP contribution in [0, 0.1) is 12.7 Å². The Balaban J connectivity index is 1.94. The molecule has 0 aliphatic carbocycles. The largest absolute Gasteiger partial charge is 0.326 e. The number of halogens is 1. The smallest absolute Gasteiger partial charge is 0.252 e. The summed E-state index contributed by atoms with van der Waals surface area (Å²) in [6, 6.07) is 15.0. The fourth-order valence-corrected chi connectivity index (χ4v) is 2.06. The van der Waals surface area contributed by atoms with Crippen LogP contribution in [0.1, 0.15) is 5.56 Å². The predicted molar refractivity (Wildman–Crippen MR) is 84.7 cm³/mol. The summed E-state index contributed by atoms with van der Waals surface area (Å²) in [4.78, 5) is 18.8. The molecule has 1 aromatic heterocycles. The molecule has 3 aromatic rings. The molecule has 0 aliphatic rings. The van der Waals surface area contributed by atoms with Crippen molar-refractivity contribution >= 4 is 11.6 Å². The molecule has 2 aromatic carbocycles. The van der Waals surface area contributed by atoms with E-state index in [0.717, 1.165) is 11.1 Å². The summed E-state index contributed by atoms with van der Waals surface area (Å²) < 4.78 is 12.9. The number of benzene rings is 2. The Morgan fingerprint density at radius 2 is 1.73 bits per heavy atom. The maximum absolute atomic E-state index is 12.9. The van der Waals surface area contributed by atoms with Gasteiger partial charge in [0.2, 0.25) is 5.95 Å². The number of hydrogen-bond donors (Lipinski definition) is 2. The van der Waals surface area contributed by atoms with Crippen molar-refractivity contribution in [1.82, 2.24) is 9.97 Å². The number of hydrogen-bond acceptors (Lipinski definition) is 3. The molecule has 0 bridgehead atoms. The van der Waals surface area contributed by atoms with Crippen molar-refractivity contribution in [3.63, 3.8) is 0 Å². The first-order chi connectivity index (χ1) is 10.6. The van der Waals surface area contributed by atoms with Gasteiger partial charge in [-0.2, -0.15) is 0 Å². The number of anilines is 2. The Bertz CT molecular complexity index is 839. The van der Waals surface area contributed by atoms with Crippen LogP contribution in [0.3, 0.4) is 0 Å². The predicted octanol–water partition coefficient (Wildman–Crippen LogP) is 3.63. The first-order valence-corrected chi connectivity index (χ1v) is 6.81. The Labute approximate surface area is 126 Å². The van der Waals surface area contributed by atoms with Gasteiger partial charge in [0.25, 0.3) is 5.56 Å². The summed E-state index contributed by atoms with van der Waals surface area (Å²) in [5.41, 5.74) is 2.96. The van der Waals surface area contributed by atoms with E-state index >= 15 is 0 Å². The van der Waals surface area contributed by atoms with Gasteiger partial charge in [-0.05, 0) is 31.2 Å². The molecule has 22 heavy (non-hydrogen) atoms. The molecule has 0 aliphatic heterocycles. The fraction of sp³-hybridized carbons (Fsp3) is 0.0588. The Hall–Kier alpha value is -2.95. The van der Waals surface area contributed by atoms with Crippen LogP contribution in [-0.4, -0.2) is 9.97 Å². The van der Waals surface area contributed by atoms with Gasteiger partial charge < -0.3 is 5.32 Å². The molecule has 0 saturated carbocycles. The summed E-state index contributed by atoms with van der Waals surface area (Å²) in [5, 5.41) is 2.96. The molecular formula is C17H14FN3O. The zero-order valence-electron chi connectivity index (χ0n) is 11.9. The summed E-state index contributed by atoms with van der Waals surface area (Å²) >= 11 is 0. The molecule has 110 valence electrons. The van der Waals surface area contributed by atoms with Gasteiger partial charge in [-0.25, -0.2) is 9.37 Å². The van der Waals surface area contributed by atoms with Crippen molar-refractivity contribution in [3.05, 3.63) is 76.3 Å². The molecule has 0 saturated heterocycles. The van der Waals surface area contributed by atoms with E-state index in [1.54, 1.807) is 12.1 Å². The molecule has 3 rings (SSSR count). The first kappa shape index (κ1) is 14.0. The minimum Gasteiger partial charge on any atom is -0.326 e. The number of H-pyrrole nitrogens is 1. The van der Waals surface area contributed by atoms with Crippen LogP contribution < -0.4 is 10.9 Å². The Morgan fingerprint density at radius 1 is 1.05 bits per heavy atom. The minimum atomic E-state index is -0.319. The van der Waals surface area contributed by atoms with E-state index in [1.165, 1.54) is 18.2 Å². The minimum absolute atomic E-state index is 0.254. The highest BCUT2D eigenvalue weighted by Crippen LogP contribution is 2.18. The van der Waals surface area contributed by atoms with Gasteiger partial charge >= 0.3 is 0 Å². The Morgan fingerprint density at radius 3 is 2.41 bits per heavy atom. The van der Waals surface area contributed by atoms with E-state index in [9.17, 15) is 9.18 Å². The molecule has 4 nitrogen and oxygen atoms in total. The standard InChI is InChI=1S/C17H14FN3O/c1-11-2-4-12(5-3-11)15-10-16(22)21-17(20-15)19-14-8-6-13(18)7-9-14/h2-10H,1H3,(H2,19,20,21,22). The average Bonchev–Trinajstić information content (AvgIpc) is 2.50. The molecule has 0 radical (unpaired) electrons. The molecule has 0 spiro atoms. The van der Waals surface area contributed by atoms with E-state index in [0.29, 0.717) is 17.3 Å². The van der Waals surface area contributed by atoms with E-state index in [2.05, 4.69) is 15.3 Å². The van der Waals surface area contributed by atoms with Crippen LogP contribution in [0.2, 0.25) is 0 Å². The lowest BCUT2D eigenvalue weighted by molar-refractivity contribution is 0.628. The second-order valence-corrected chi connectivity index (χ2v) is 4.98. The van der Waals surface area contributed by atoms with Crippen molar-refractivity contribution in [2.24, 2.45) is 0 Å². The van der Waals surface area contributed by atoms with Crippen LogP contribution >= 0.6 is 0 Å². The molecule has 1 heterocycles. The van der Waals surface area contributed by atoms with Crippen molar-refractivity contribution in [2.45, 2.75) is 6.92 Å². The zero-order valence-corrected chi connectivity index (χ0v) is 11.9. The topological polar surface area (TPSA) is 57.8 Å². The van der Waals surface area contributed by atoms with Crippen molar-refractivity contribution in [3.8, 4) is 11.3 Å². The SMILES string of the molecule is Cc1ccc(-c2cc(=O)[nH]c(Nc3ccc(F)cc3)n2)cc1. The number of aryl methyl sites for hydroxylation is 1. The summed E-state index contributed by atoms with van der Waals surface area (Å²) in [5.74, 6) is -0.00454. The number of nitrogens with zero attached hydrogens (tertiary/aromatic N) is 1. The lowest BCUT2D eigenvalue weighted by atomic mass is 10.1. The van der Waals surface area contributed by atoms with Gasteiger partial charge in [0.15, 0.2) is 0 Å². The number of aromatic amines is 1. The summed E-state index contributed by atoms with van der Waals surface area (Å²) in [7, 11) is 0. The Kier molecular flexibility index (Phi) is 3.70. The molecule has 0 unspecified atom stereocenters. The van der Waals surface area contributed by atoms with E-state index in [1.807, 2.05) is 31.2 Å². The highest BCUT2D eigenvalue weighted by molar-refractivity contribution is 5.62. The maximum Gasteiger partial charge on any atom is 0.252 e. The molecule has 2 N–H and O–H groups in total. The van der Waals surface area contributed by atoms with Gasteiger partial charge in [0.05, 0.1) is 5.69 Å². The van der Waals surface area contributed by atoms with Gasteiger partial charge in [-0.1, -0.05) is 29.8 Å². The lowest BCUT2D eigenvalue weighted by Gasteiger charge is -2.07.